The van der Waals surface area contributed by atoms with E-state index in [1.54, 1.807) is 18.2 Å². The van der Waals surface area contributed by atoms with Crippen molar-refractivity contribution in [3.63, 3.8) is 0 Å². The number of aromatic amines is 1. The highest BCUT2D eigenvalue weighted by Gasteiger charge is 2.29. The second-order valence-electron chi connectivity index (χ2n) is 6.80. The van der Waals surface area contributed by atoms with Crippen LogP contribution in [-0.2, 0) is 10.0 Å². The Balaban J connectivity index is 1.59. The molecule has 1 fully saturated rings. The minimum Gasteiger partial charge on any atom is -0.463 e. The lowest BCUT2D eigenvalue weighted by Gasteiger charge is -2.17. The second kappa shape index (κ2) is 8.10. The predicted molar refractivity (Wildman–Crippen MR) is 112 cm³/mol. The fourth-order valence-corrected chi connectivity index (χ4v) is 5.29. The maximum absolute atomic E-state index is 12.8. The van der Waals surface area contributed by atoms with Gasteiger partial charge in [-0.15, -0.1) is 0 Å². The molecule has 0 unspecified atom stereocenters. The molecule has 0 radical (unpaired) electrons. The van der Waals surface area contributed by atoms with E-state index >= 15 is 0 Å². The molecule has 30 heavy (non-hydrogen) atoms. The van der Waals surface area contributed by atoms with Crippen LogP contribution in [0.15, 0.2) is 62.8 Å². The van der Waals surface area contributed by atoms with Crippen molar-refractivity contribution in [2.75, 3.05) is 18.4 Å². The molecule has 8 nitrogen and oxygen atoms in total. The zero-order valence-corrected chi connectivity index (χ0v) is 17.3. The zero-order valence-electron chi connectivity index (χ0n) is 15.7. The number of sulfonamides is 1. The fraction of sp³-hybridized carbons (Fsp3) is 0.200. The number of nitrogens with zero attached hydrogens (tertiary/aromatic N) is 1. The highest BCUT2D eigenvalue weighted by Crippen LogP contribution is 2.29. The minimum atomic E-state index is -3.76. The smallest absolute Gasteiger partial charge is 0.261 e. The van der Waals surface area contributed by atoms with Gasteiger partial charge in [-0.05, 0) is 55.3 Å². The van der Waals surface area contributed by atoms with Gasteiger partial charge in [-0.3, -0.25) is 9.59 Å². The monoisotopic (exact) mass is 447 g/mol. The summed E-state index contributed by atoms with van der Waals surface area (Å²) in [7, 11) is -3.76. The van der Waals surface area contributed by atoms with Gasteiger partial charge >= 0.3 is 0 Å². The molecule has 0 atom stereocenters. The number of halogens is 1. The van der Waals surface area contributed by atoms with Gasteiger partial charge in [0.15, 0.2) is 0 Å². The van der Waals surface area contributed by atoms with Crippen molar-refractivity contribution in [3.05, 3.63) is 69.7 Å². The van der Waals surface area contributed by atoms with Gasteiger partial charge in [0, 0.05) is 18.8 Å². The number of pyridine rings is 1. The van der Waals surface area contributed by atoms with E-state index in [1.165, 1.54) is 34.8 Å². The molecule has 1 aromatic carbocycles. The van der Waals surface area contributed by atoms with E-state index in [0.717, 1.165) is 12.8 Å². The van der Waals surface area contributed by atoms with Crippen molar-refractivity contribution in [1.29, 1.82) is 0 Å². The molecule has 3 aromatic rings. The lowest BCUT2D eigenvalue weighted by Crippen LogP contribution is -2.28. The number of hydrogen-bond donors (Lipinski definition) is 2. The Hall–Kier alpha value is -2.88. The summed E-state index contributed by atoms with van der Waals surface area (Å²) in [6.07, 6.45) is 3.07. The number of amides is 1. The van der Waals surface area contributed by atoms with Gasteiger partial charge in [-0.25, -0.2) is 8.42 Å². The molecule has 156 valence electrons. The Morgan fingerprint density at radius 1 is 1.13 bits per heavy atom. The maximum Gasteiger partial charge on any atom is 0.261 e. The number of carbonyl (C=O) groups excluding carboxylic acids is 1. The molecule has 0 aliphatic carbocycles. The lowest BCUT2D eigenvalue weighted by atomic mass is 10.2. The Bertz CT molecular complexity index is 1250. The topological polar surface area (TPSA) is 112 Å². The van der Waals surface area contributed by atoms with Crippen LogP contribution in [0.2, 0.25) is 5.02 Å². The van der Waals surface area contributed by atoms with Crippen LogP contribution in [0.1, 0.15) is 23.2 Å². The number of hydrogen-bond acceptors (Lipinski definition) is 5. The number of nitrogens with one attached hydrogen (secondary N) is 2. The molecule has 1 aliphatic rings. The summed E-state index contributed by atoms with van der Waals surface area (Å²) < 4.78 is 32.3. The number of furan rings is 1. The molecule has 10 heteroatoms. The van der Waals surface area contributed by atoms with Gasteiger partial charge < -0.3 is 14.7 Å². The van der Waals surface area contributed by atoms with E-state index in [-0.39, 0.29) is 21.2 Å². The van der Waals surface area contributed by atoms with Crippen LogP contribution in [0.4, 0.5) is 5.69 Å². The molecule has 1 saturated heterocycles. The largest absolute Gasteiger partial charge is 0.463 e. The van der Waals surface area contributed by atoms with Crippen molar-refractivity contribution < 1.29 is 17.6 Å². The van der Waals surface area contributed by atoms with Crippen molar-refractivity contribution in [1.82, 2.24) is 9.29 Å². The number of benzene rings is 1. The molecular weight excluding hydrogens is 430 g/mol. The molecule has 2 aromatic heterocycles. The van der Waals surface area contributed by atoms with E-state index in [1.807, 2.05) is 0 Å². The number of anilines is 1. The minimum absolute atomic E-state index is 0.0700. The van der Waals surface area contributed by atoms with E-state index < -0.39 is 21.5 Å². The first kappa shape index (κ1) is 20.4. The highest BCUT2D eigenvalue weighted by molar-refractivity contribution is 7.89. The summed E-state index contributed by atoms with van der Waals surface area (Å²) in [5.41, 5.74) is -0.0619. The first-order valence-electron chi connectivity index (χ1n) is 9.24. The van der Waals surface area contributed by atoms with Crippen LogP contribution in [0.3, 0.4) is 0 Å². The molecule has 1 aliphatic heterocycles. The SMILES string of the molecule is O=C(Nc1ccc(Cl)c(S(=O)(=O)N2CCCC2)c1)c1ccc(-c2ccco2)[nH]c1=O. The predicted octanol–water partition coefficient (Wildman–Crippen LogP) is 3.33. The van der Waals surface area contributed by atoms with Crippen LogP contribution in [-0.4, -0.2) is 36.7 Å². The van der Waals surface area contributed by atoms with Crippen molar-refractivity contribution in [2.45, 2.75) is 17.7 Å². The van der Waals surface area contributed by atoms with Gasteiger partial charge in [0.05, 0.1) is 17.0 Å². The Morgan fingerprint density at radius 3 is 2.57 bits per heavy atom. The number of carbonyl (C=O) groups is 1. The van der Waals surface area contributed by atoms with Crippen LogP contribution >= 0.6 is 11.6 Å². The van der Waals surface area contributed by atoms with Crippen molar-refractivity contribution in [2.24, 2.45) is 0 Å². The number of rotatable bonds is 5. The third-order valence-electron chi connectivity index (χ3n) is 4.81. The summed E-state index contributed by atoms with van der Waals surface area (Å²) >= 11 is 6.12. The fourth-order valence-electron chi connectivity index (χ4n) is 3.27. The van der Waals surface area contributed by atoms with Crippen LogP contribution in [0.25, 0.3) is 11.5 Å². The molecular formula is C20H18ClN3O5S. The molecule has 0 saturated carbocycles. The molecule has 3 heterocycles. The molecule has 2 N–H and O–H groups in total. The zero-order chi connectivity index (χ0) is 21.3. The van der Waals surface area contributed by atoms with Gasteiger partial charge in [0.2, 0.25) is 10.0 Å². The summed E-state index contributed by atoms with van der Waals surface area (Å²) in [6, 6.07) is 10.5. The average molecular weight is 448 g/mol. The van der Waals surface area contributed by atoms with Gasteiger partial charge in [0.1, 0.15) is 16.2 Å². The number of aromatic nitrogens is 1. The Labute approximate surface area is 177 Å². The molecule has 0 bridgehead atoms. The van der Waals surface area contributed by atoms with E-state index in [9.17, 15) is 18.0 Å². The van der Waals surface area contributed by atoms with Crippen molar-refractivity contribution in [3.8, 4) is 11.5 Å². The number of H-pyrrole nitrogens is 1. The molecule has 4 rings (SSSR count). The molecule has 0 spiro atoms. The third-order valence-corrected chi connectivity index (χ3v) is 7.19. The highest BCUT2D eigenvalue weighted by atomic mass is 35.5. The van der Waals surface area contributed by atoms with Crippen molar-refractivity contribution >= 4 is 33.2 Å². The summed E-state index contributed by atoms with van der Waals surface area (Å²) in [4.78, 5) is 27.4. The van der Waals surface area contributed by atoms with Crippen LogP contribution < -0.4 is 10.9 Å². The average Bonchev–Trinajstić information content (AvgIpc) is 3.43. The normalized spacial score (nSPS) is 14.7. The third kappa shape index (κ3) is 3.91. The van der Waals surface area contributed by atoms with E-state index in [0.29, 0.717) is 24.5 Å². The standard InChI is InChI=1S/C20H18ClN3O5S/c21-15-7-5-13(12-18(15)30(27,28)24-9-1-2-10-24)22-19(25)14-6-8-16(23-20(14)26)17-4-3-11-29-17/h3-8,11-12H,1-2,9-10H2,(H,22,25)(H,23,26). The van der Waals surface area contributed by atoms with Crippen LogP contribution in [0.5, 0.6) is 0 Å². The first-order chi connectivity index (χ1) is 14.4. The van der Waals surface area contributed by atoms with E-state index in [2.05, 4.69) is 10.3 Å². The first-order valence-corrected chi connectivity index (χ1v) is 11.1. The van der Waals surface area contributed by atoms with E-state index in [4.69, 9.17) is 16.0 Å². The summed E-state index contributed by atoms with van der Waals surface area (Å²) in [5, 5.41) is 2.63. The maximum atomic E-state index is 12.8. The Kier molecular flexibility index (Phi) is 5.50. The second-order valence-corrected chi connectivity index (χ2v) is 9.12. The van der Waals surface area contributed by atoms with Crippen LogP contribution in [0, 0.1) is 0 Å². The molecule has 1 amide bonds. The lowest BCUT2D eigenvalue weighted by molar-refractivity contribution is 0.102. The van der Waals surface area contributed by atoms with Gasteiger partial charge in [-0.2, -0.15) is 4.31 Å². The van der Waals surface area contributed by atoms with Gasteiger partial charge in [-0.1, -0.05) is 11.6 Å². The van der Waals surface area contributed by atoms with Gasteiger partial charge in [0.25, 0.3) is 11.5 Å². The quantitative estimate of drug-likeness (QED) is 0.623. The summed E-state index contributed by atoms with van der Waals surface area (Å²) in [6.45, 7) is 0.874. The summed E-state index contributed by atoms with van der Waals surface area (Å²) in [5.74, 6) is -0.206. The Morgan fingerprint density at radius 2 is 1.90 bits per heavy atom.